The summed E-state index contributed by atoms with van der Waals surface area (Å²) in [6.45, 7) is 11.3. The number of rotatable bonds is 6. The van der Waals surface area contributed by atoms with Crippen LogP contribution in [0.3, 0.4) is 0 Å². The number of hydrogen-bond acceptors (Lipinski definition) is 3. The summed E-state index contributed by atoms with van der Waals surface area (Å²) < 4.78 is 28.0. The van der Waals surface area contributed by atoms with E-state index in [0.717, 1.165) is 5.56 Å². The van der Waals surface area contributed by atoms with Crippen molar-refractivity contribution in [2.45, 2.75) is 57.5 Å². The third kappa shape index (κ3) is 3.47. The fourth-order valence-electron chi connectivity index (χ4n) is 3.65. The Morgan fingerprint density at radius 3 is 2.38 bits per heavy atom. The maximum atomic E-state index is 13.3. The molecule has 0 spiro atoms. The summed E-state index contributed by atoms with van der Waals surface area (Å²) in [5, 5.41) is 0. The molecule has 0 saturated carbocycles. The Kier molecular flexibility index (Phi) is 5.66. The van der Waals surface area contributed by atoms with Crippen molar-refractivity contribution in [3.8, 4) is 0 Å². The van der Waals surface area contributed by atoms with Crippen LogP contribution in [-0.4, -0.2) is 30.6 Å². The highest BCUT2D eigenvalue weighted by atomic mass is 32.2. The highest BCUT2D eigenvalue weighted by Gasteiger charge is 2.50. The first kappa shape index (κ1) is 18.9. The van der Waals surface area contributed by atoms with Gasteiger partial charge in [-0.3, -0.25) is 4.79 Å². The monoisotopic (exact) mass is 349 g/mol. The van der Waals surface area contributed by atoms with Crippen LogP contribution < -0.4 is 0 Å². The molecule has 0 N–H and O–H groups in total. The maximum absolute atomic E-state index is 13.3. The van der Waals surface area contributed by atoms with E-state index < -0.39 is 16.1 Å². The molecule has 1 aliphatic rings. The molecule has 1 fully saturated rings. The third-order valence-electron chi connectivity index (χ3n) is 4.89. The van der Waals surface area contributed by atoms with E-state index >= 15 is 0 Å². The first-order valence-corrected chi connectivity index (χ1v) is 9.85. The van der Waals surface area contributed by atoms with Gasteiger partial charge >= 0.3 is 0 Å². The predicted molar refractivity (Wildman–Crippen MR) is 96.2 cm³/mol. The number of nitrogens with zero attached hydrogens (tertiary/aromatic N) is 1. The second kappa shape index (κ2) is 7.19. The van der Waals surface area contributed by atoms with Gasteiger partial charge in [0.25, 0.3) is 0 Å². The molecule has 5 heteroatoms. The normalized spacial score (nSPS) is 25.1. The fourth-order valence-corrected chi connectivity index (χ4v) is 5.54. The number of carbonyl (C=O) groups is 1. The molecule has 1 aromatic rings. The summed E-state index contributed by atoms with van der Waals surface area (Å²) in [5.41, 5.74) is 1.00. The number of benzene rings is 1. The summed E-state index contributed by atoms with van der Waals surface area (Å²) in [5.74, 6) is 0.188. The van der Waals surface area contributed by atoms with Gasteiger partial charge in [0.05, 0.1) is 10.9 Å². The zero-order valence-electron chi connectivity index (χ0n) is 14.9. The van der Waals surface area contributed by atoms with Crippen molar-refractivity contribution in [3.63, 3.8) is 0 Å². The molecular formula is C19H27NO3S. The lowest BCUT2D eigenvalue weighted by molar-refractivity contribution is -0.121. The van der Waals surface area contributed by atoms with Crippen LogP contribution in [0.15, 0.2) is 41.8 Å². The van der Waals surface area contributed by atoms with Gasteiger partial charge in [-0.25, -0.2) is 8.42 Å². The lowest BCUT2D eigenvalue weighted by Crippen LogP contribution is -2.46. The summed E-state index contributed by atoms with van der Waals surface area (Å²) >= 11 is 0. The Balaban J connectivity index is 2.53. The molecule has 2 rings (SSSR count). The first-order valence-electron chi connectivity index (χ1n) is 8.41. The van der Waals surface area contributed by atoms with Gasteiger partial charge in [0.2, 0.25) is 10.0 Å². The number of ketones is 1. The molecule has 1 heterocycles. The Labute approximate surface area is 145 Å². The minimum atomic E-state index is -3.72. The lowest BCUT2D eigenvalue weighted by Gasteiger charge is -2.30. The van der Waals surface area contributed by atoms with Crippen molar-refractivity contribution in [2.24, 2.45) is 11.8 Å². The van der Waals surface area contributed by atoms with E-state index in [2.05, 4.69) is 6.58 Å². The van der Waals surface area contributed by atoms with E-state index in [1.807, 2.05) is 20.8 Å². The minimum absolute atomic E-state index is 0.0349. The third-order valence-corrected chi connectivity index (χ3v) is 6.84. The van der Waals surface area contributed by atoms with Gasteiger partial charge in [-0.15, -0.1) is 6.58 Å². The Morgan fingerprint density at radius 1 is 1.33 bits per heavy atom. The first-order chi connectivity index (χ1) is 11.2. The Hall–Kier alpha value is -1.46. The van der Waals surface area contributed by atoms with Crippen molar-refractivity contribution >= 4 is 15.8 Å². The van der Waals surface area contributed by atoms with Gasteiger partial charge in [0, 0.05) is 6.04 Å². The highest BCUT2D eigenvalue weighted by Crippen LogP contribution is 2.40. The second-order valence-corrected chi connectivity index (χ2v) is 8.87. The van der Waals surface area contributed by atoms with E-state index in [1.165, 1.54) is 11.2 Å². The quantitative estimate of drug-likeness (QED) is 0.738. The van der Waals surface area contributed by atoms with Crippen LogP contribution in [0.25, 0.3) is 0 Å². The molecule has 1 saturated heterocycles. The number of Topliss-reactive ketones (excluding diaryl/α,β-unsaturated/α-hetero) is 1. The van der Waals surface area contributed by atoms with E-state index in [4.69, 9.17) is 0 Å². The molecule has 0 aliphatic carbocycles. The molecular weight excluding hydrogens is 322 g/mol. The van der Waals surface area contributed by atoms with Crippen LogP contribution in [0.5, 0.6) is 0 Å². The smallest absolute Gasteiger partial charge is 0.244 e. The largest absolute Gasteiger partial charge is 0.298 e. The molecule has 0 aromatic heterocycles. The Bertz CT molecular complexity index is 707. The van der Waals surface area contributed by atoms with E-state index in [0.29, 0.717) is 12.8 Å². The number of sulfonamides is 1. The van der Waals surface area contributed by atoms with E-state index in [-0.39, 0.29) is 28.6 Å². The van der Waals surface area contributed by atoms with Gasteiger partial charge < -0.3 is 0 Å². The molecule has 0 unspecified atom stereocenters. The van der Waals surface area contributed by atoms with E-state index in [1.54, 1.807) is 30.3 Å². The predicted octanol–water partition coefficient (Wildman–Crippen LogP) is 3.56. The molecule has 1 aromatic carbocycles. The summed E-state index contributed by atoms with van der Waals surface area (Å²) in [4.78, 5) is 12.6. The zero-order valence-corrected chi connectivity index (χ0v) is 15.7. The Morgan fingerprint density at radius 2 is 1.92 bits per heavy atom. The van der Waals surface area contributed by atoms with Gasteiger partial charge in [0.1, 0.15) is 5.78 Å². The van der Waals surface area contributed by atoms with Crippen LogP contribution in [0.1, 0.15) is 39.2 Å². The molecule has 0 amide bonds. The molecule has 3 atom stereocenters. The molecule has 132 valence electrons. The summed E-state index contributed by atoms with van der Waals surface area (Å²) in [7, 11) is -3.72. The summed E-state index contributed by atoms with van der Waals surface area (Å²) in [6.07, 6.45) is 2.99. The molecule has 24 heavy (non-hydrogen) atoms. The van der Waals surface area contributed by atoms with Gasteiger partial charge in [-0.05, 0) is 50.7 Å². The molecule has 4 nitrogen and oxygen atoms in total. The number of hydrogen-bond donors (Lipinski definition) is 0. The van der Waals surface area contributed by atoms with Gasteiger partial charge in [-0.2, -0.15) is 4.31 Å². The average Bonchev–Trinajstić information content (AvgIpc) is 2.88. The summed E-state index contributed by atoms with van der Waals surface area (Å²) in [6, 6.07) is 6.00. The van der Waals surface area contributed by atoms with Crippen molar-refractivity contribution in [3.05, 3.63) is 42.5 Å². The van der Waals surface area contributed by atoms with E-state index in [9.17, 15) is 13.2 Å². The number of aryl methyl sites for hydroxylation is 1. The van der Waals surface area contributed by atoms with Gasteiger partial charge in [0.15, 0.2) is 0 Å². The molecule has 1 aliphatic heterocycles. The van der Waals surface area contributed by atoms with Crippen LogP contribution in [0.4, 0.5) is 0 Å². The van der Waals surface area contributed by atoms with Crippen LogP contribution in [0.2, 0.25) is 0 Å². The SMILES string of the molecule is C=CC[C@H]1C[C@H](C(C)C)[C@@H](C(C)=O)N1S(=O)(=O)c1ccc(C)cc1. The fraction of sp³-hybridized carbons (Fsp3) is 0.526. The van der Waals surface area contributed by atoms with Crippen LogP contribution >= 0.6 is 0 Å². The van der Waals surface area contributed by atoms with Crippen molar-refractivity contribution in [1.82, 2.24) is 4.31 Å². The van der Waals surface area contributed by atoms with Gasteiger partial charge in [-0.1, -0.05) is 37.6 Å². The molecule has 0 radical (unpaired) electrons. The van der Waals surface area contributed by atoms with Crippen LogP contribution in [0, 0.1) is 18.8 Å². The average molecular weight is 349 g/mol. The van der Waals surface area contributed by atoms with Crippen LogP contribution in [-0.2, 0) is 14.8 Å². The molecule has 0 bridgehead atoms. The highest BCUT2D eigenvalue weighted by molar-refractivity contribution is 7.89. The van der Waals surface area contributed by atoms with Crippen molar-refractivity contribution < 1.29 is 13.2 Å². The standard InChI is InChI=1S/C19H27NO3S/c1-6-7-16-12-18(13(2)3)19(15(5)21)20(16)24(22,23)17-10-8-14(4)9-11-17/h6,8-11,13,16,18-19H,1,7,12H2,2-5H3/t16-,18+,19+/m0/s1. The lowest BCUT2D eigenvalue weighted by atomic mass is 9.86. The second-order valence-electron chi connectivity index (χ2n) is 7.03. The van der Waals surface area contributed by atoms with Crippen molar-refractivity contribution in [2.75, 3.05) is 0 Å². The zero-order chi connectivity index (χ0) is 18.1. The van der Waals surface area contributed by atoms with Crippen molar-refractivity contribution in [1.29, 1.82) is 0 Å². The minimum Gasteiger partial charge on any atom is -0.298 e. The number of carbonyl (C=O) groups excluding carboxylic acids is 1. The topological polar surface area (TPSA) is 54.5 Å². The maximum Gasteiger partial charge on any atom is 0.244 e.